The van der Waals surface area contributed by atoms with Crippen LogP contribution < -0.4 is 0 Å². The van der Waals surface area contributed by atoms with Crippen LogP contribution in [-0.4, -0.2) is 17.4 Å². The van der Waals surface area contributed by atoms with Crippen molar-refractivity contribution in [2.45, 2.75) is 71.8 Å². The number of ketones is 1. The molecule has 0 N–H and O–H groups in total. The minimum absolute atomic E-state index is 0.163. The van der Waals surface area contributed by atoms with E-state index < -0.39 is 11.5 Å². The van der Waals surface area contributed by atoms with Crippen LogP contribution in [0.5, 0.6) is 0 Å². The molecule has 0 heterocycles. The zero-order valence-electron chi connectivity index (χ0n) is 13.8. The first-order valence-electron chi connectivity index (χ1n) is 8.46. The van der Waals surface area contributed by atoms with Crippen LogP contribution >= 0.6 is 0 Å². The molecule has 0 saturated heterocycles. The van der Waals surface area contributed by atoms with E-state index in [0.29, 0.717) is 0 Å². The van der Waals surface area contributed by atoms with Gasteiger partial charge in [-0.1, -0.05) is 0 Å². The van der Waals surface area contributed by atoms with Crippen molar-refractivity contribution in [3.63, 3.8) is 0 Å². The smallest absolute Gasteiger partial charge is 0.316 e. The van der Waals surface area contributed by atoms with Gasteiger partial charge in [-0.25, -0.2) is 0 Å². The Morgan fingerprint density at radius 1 is 1.00 bits per heavy atom. The summed E-state index contributed by atoms with van der Waals surface area (Å²) in [7, 11) is 0. The maximum absolute atomic E-state index is 13.0. The zero-order chi connectivity index (χ0) is 15.4. The van der Waals surface area contributed by atoms with Crippen LogP contribution in [0.4, 0.5) is 0 Å². The van der Waals surface area contributed by atoms with E-state index in [1.54, 1.807) is 6.92 Å². The Labute approximate surface area is 127 Å². The normalized spacial score (nSPS) is 39.1. The first-order chi connectivity index (χ1) is 9.68. The van der Waals surface area contributed by atoms with Crippen LogP contribution in [0.15, 0.2) is 0 Å². The Morgan fingerprint density at radius 3 is 1.81 bits per heavy atom. The molecule has 0 spiro atoms. The van der Waals surface area contributed by atoms with E-state index in [4.69, 9.17) is 4.74 Å². The molecule has 21 heavy (non-hydrogen) atoms. The van der Waals surface area contributed by atoms with Gasteiger partial charge in [0.1, 0.15) is 11.5 Å². The summed E-state index contributed by atoms with van der Waals surface area (Å²) in [5, 5.41) is 0. The van der Waals surface area contributed by atoms with Crippen LogP contribution in [0.2, 0.25) is 0 Å². The number of carbonyl (C=O) groups excluding carboxylic acids is 2. The minimum atomic E-state index is -0.611. The first-order valence-corrected chi connectivity index (χ1v) is 8.46. The van der Waals surface area contributed by atoms with Crippen molar-refractivity contribution in [1.29, 1.82) is 0 Å². The maximum atomic E-state index is 13.0. The highest BCUT2D eigenvalue weighted by Gasteiger charge is 2.55. The van der Waals surface area contributed by atoms with Gasteiger partial charge in [-0.3, -0.25) is 9.59 Å². The fraction of sp³-hybridized carbons (Fsp3) is 0.889. The van der Waals surface area contributed by atoms with Crippen molar-refractivity contribution < 1.29 is 14.3 Å². The topological polar surface area (TPSA) is 43.4 Å². The summed E-state index contributed by atoms with van der Waals surface area (Å²) in [6, 6.07) is 0. The van der Waals surface area contributed by atoms with E-state index in [9.17, 15) is 9.59 Å². The summed E-state index contributed by atoms with van der Waals surface area (Å²) in [6.07, 6.45) is 6.99. The Balaban J connectivity index is 1.74. The van der Waals surface area contributed by atoms with Crippen molar-refractivity contribution in [1.82, 2.24) is 0 Å². The van der Waals surface area contributed by atoms with Crippen molar-refractivity contribution in [2.24, 2.45) is 29.1 Å². The molecule has 0 aromatic heterocycles. The van der Waals surface area contributed by atoms with Crippen LogP contribution in [0.3, 0.4) is 0 Å². The lowest BCUT2D eigenvalue weighted by atomic mass is 9.48. The van der Waals surface area contributed by atoms with Gasteiger partial charge in [-0.15, -0.1) is 0 Å². The Kier molecular flexibility index (Phi) is 3.46. The van der Waals surface area contributed by atoms with Crippen molar-refractivity contribution in [3.05, 3.63) is 0 Å². The molecule has 4 aliphatic rings. The Bertz CT molecular complexity index is 422. The molecule has 118 valence electrons. The van der Waals surface area contributed by atoms with Gasteiger partial charge in [0, 0.05) is 5.41 Å². The molecule has 0 amide bonds. The predicted molar refractivity (Wildman–Crippen MR) is 80.6 cm³/mol. The van der Waals surface area contributed by atoms with Crippen LogP contribution in [0.1, 0.15) is 66.2 Å². The standard InChI is InChI=1S/C18H28O3/c1-11(16(20)21-17(2,3)4)15(19)18-8-12-5-13(9-18)7-14(6-12)10-18/h11-14H,5-10H2,1-4H3. The number of ether oxygens (including phenoxy) is 1. The maximum Gasteiger partial charge on any atom is 0.316 e. The van der Waals surface area contributed by atoms with Crippen molar-refractivity contribution in [2.75, 3.05) is 0 Å². The first kappa shape index (κ1) is 15.1. The van der Waals surface area contributed by atoms with E-state index in [2.05, 4.69) is 0 Å². The Hall–Kier alpha value is -0.860. The van der Waals surface area contributed by atoms with Gasteiger partial charge in [0.2, 0.25) is 0 Å². The summed E-state index contributed by atoms with van der Waals surface area (Å²) in [6.45, 7) is 7.31. The second-order valence-corrected chi connectivity index (χ2v) is 8.82. The number of esters is 1. The van der Waals surface area contributed by atoms with E-state index in [0.717, 1.165) is 37.0 Å². The molecule has 3 heteroatoms. The summed E-state index contributed by atoms with van der Waals surface area (Å²) in [5.74, 6) is 1.39. The number of hydrogen-bond acceptors (Lipinski definition) is 3. The number of hydrogen-bond donors (Lipinski definition) is 0. The summed E-state index contributed by atoms with van der Waals surface area (Å²) in [4.78, 5) is 25.3. The van der Waals surface area contributed by atoms with Gasteiger partial charge in [0.25, 0.3) is 0 Å². The molecular weight excluding hydrogens is 264 g/mol. The van der Waals surface area contributed by atoms with Gasteiger partial charge in [0.05, 0.1) is 0 Å². The Morgan fingerprint density at radius 2 is 1.43 bits per heavy atom. The lowest BCUT2D eigenvalue weighted by Gasteiger charge is -2.56. The second kappa shape index (κ2) is 4.82. The molecule has 4 rings (SSSR count). The van der Waals surface area contributed by atoms with Crippen LogP contribution in [0.25, 0.3) is 0 Å². The summed E-state index contributed by atoms with van der Waals surface area (Å²) in [5.41, 5.74) is -0.724. The molecule has 4 fully saturated rings. The second-order valence-electron chi connectivity index (χ2n) is 8.82. The number of carbonyl (C=O) groups is 2. The highest BCUT2D eigenvalue weighted by molar-refractivity contribution is 6.02. The molecule has 1 unspecified atom stereocenters. The van der Waals surface area contributed by atoms with E-state index in [-0.39, 0.29) is 17.2 Å². The molecule has 0 aliphatic heterocycles. The van der Waals surface area contributed by atoms with Crippen LogP contribution in [0, 0.1) is 29.1 Å². The van der Waals surface area contributed by atoms with Crippen molar-refractivity contribution in [3.8, 4) is 0 Å². The van der Waals surface area contributed by atoms with E-state index in [1.165, 1.54) is 19.3 Å². The third-order valence-corrected chi connectivity index (χ3v) is 5.71. The molecule has 0 aromatic rings. The summed E-state index contributed by atoms with van der Waals surface area (Å²) >= 11 is 0. The van der Waals surface area contributed by atoms with Gasteiger partial charge < -0.3 is 4.74 Å². The molecule has 4 saturated carbocycles. The van der Waals surface area contributed by atoms with Gasteiger partial charge in [-0.05, 0) is 84.0 Å². The van der Waals surface area contributed by atoms with Gasteiger partial charge in [0.15, 0.2) is 5.78 Å². The molecule has 0 radical (unpaired) electrons. The average molecular weight is 292 g/mol. The third-order valence-electron chi connectivity index (χ3n) is 5.71. The monoisotopic (exact) mass is 292 g/mol. The SMILES string of the molecule is CC(C(=O)OC(C)(C)C)C(=O)C12CC3CC(CC(C3)C1)C2. The molecule has 4 bridgehead atoms. The summed E-state index contributed by atoms with van der Waals surface area (Å²) < 4.78 is 5.42. The molecule has 0 aromatic carbocycles. The van der Waals surface area contributed by atoms with E-state index in [1.807, 2.05) is 20.8 Å². The molecule has 4 aliphatic carbocycles. The fourth-order valence-electron chi connectivity index (χ4n) is 5.37. The lowest BCUT2D eigenvalue weighted by Crippen LogP contribution is -2.52. The largest absolute Gasteiger partial charge is 0.459 e. The zero-order valence-corrected chi connectivity index (χ0v) is 13.8. The number of rotatable bonds is 3. The predicted octanol–water partition coefficient (Wildman–Crippen LogP) is 3.75. The molecule has 1 atom stereocenters. The van der Waals surface area contributed by atoms with Crippen molar-refractivity contribution >= 4 is 11.8 Å². The van der Waals surface area contributed by atoms with Gasteiger partial charge >= 0.3 is 5.97 Å². The lowest BCUT2D eigenvalue weighted by molar-refractivity contribution is -0.167. The average Bonchev–Trinajstić information content (AvgIpc) is 2.33. The minimum Gasteiger partial charge on any atom is -0.459 e. The highest BCUT2D eigenvalue weighted by atomic mass is 16.6. The molecular formula is C18H28O3. The highest BCUT2D eigenvalue weighted by Crippen LogP contribution is 2.60. The quantitative estimate of drug-likeness (QED) is 0.588. The van der Waals surface area contributed by atoms with E-state index >= 15 is 0 Å². The van der Waals surface area contributed by atoms with Crippen LogP contribution in [-0.2, 0) is 14.3 Å². The molecule has 3 nitrogen and oxygen atoms in total. The number of Topliss-reactive ketones (excluding diaryl/α,β-unsaturated/α-hetero) is 1. The fourth-order valence-corrected chi connectivity index (χ4v) is 5.37. The third kappa shape index (κ3) is 2.76. The van der Waals surface area contributed by atoms with Gasteiger partial charge in [-0.2, -0.15) is 0 Å².